The van der Waals surface area contributed by atoms with Crippen LogP contribution in [0.15, 0.2) is 0 Å². The first-order valence-electron chi connectivity index (χ1n) is 6.18. The molecule has 4 fully saturated rings. The zero-order valence-corrected chi connectivity index (χ0v) is 10.0. The Morgan fingerprint density at radius 1 is 1.20 bits per heavy atom. The normalized spacial score (nSPS) is 40.9. The van der Waals surface area contributed by atoms with Crippen molar-refractivity contribution in [3.8, 4) is 0 Å². The van der Waals surface area contributed by atoms with Gasteiger partial charge in [0, 0.05) is 17.8 Å². The van der Waals surface area contributed by atoms with Crippen LogP contribution in [0, 0.1) is 5.92 Å². The van der Waals surface area contributed by atoms with Crippen LogP contribution in [0.5, 0.6) is 0 Å². The summed E-state index contributed by atoms with van der Waals surface area (Å²) in [5, 5.41) is 0. The van der Waals surface area contributed by atoms with E-state index in [1.807, 2.05) is 0 Å². The number of rotatable bonds is 1. The average Bonchev–Trinajstić information content (AvgIpc) is 2.32. The molecule has 3 aliphatic carbocycles. The van der Waals surface area contributed by atoms with Crippen molar-refractivity contribution in [2.45, 2.75) is 44.1 Å². The Morgan fingerprint density at radius 3 is 2.47 bits per heavy atom. The Bertz CT molecular complexity index is 257. The maximum Gasteiger partial charge on any atom is 0.233 e. The number of carbonyl (C=O) groups is 1. The minimum absolute atomic E-state index is 0.298. The summed E-state index contributed by atoms with van der Waals surface area (Å²) in [7, 11) is 0. The highest BCUT2D eigenvalue weighted by Crippen LogP contribution is 2.48. The highest BCUT2D eigenvalue weighted by atomic mass is 32.2. The van der Waals surface area contributed by atoms with E-state index in [0.717, 1.165) is 24.0 Å². The fourth-order valence-electron chi connectivity index (χ4n) is 3.65. The summed E-state index contributed by atoms with van der Waals surface area (Å²) in [6.07, 6.45) is 7.97. The van der Waals surface area contributed by atoms with E-state index >= 15 is 0 Å². The quantitative estimate of drug-likeness (QED) is 0.682. The number of amides is 1. The van der Waals surface area contributed by atoms with Crippen LogP contribution in [0.3, 0.4) is 0 Å². The maximum absolute atomic E-state index is 12.0. The number of thioether (sulfide) groups is 1. The summed E-state index contributed by atoms with van der Waals surface area (Å²) in [6.45, 7) is 1.01. The zero-order valence-electron chi connectivity index (χ0n) is 9.21. The van der Waals surface area contributed by atoms with E-state index in [2.05, 4.69) is 4.90 Å². The average molecular weight is 225 g/mol. The minimum atomic E-state index is 0.298. The number of carbonyl (C=O) groups excluding carboxylic acids is 1. The van der Waals surface area contributed by atoms with Crippen LogP contribution in [0.4, 0.5) is 0 Å². The van der Waals surface area contributed by atoms with Crippen molar-refractivity contribution in [1.29, 1.82) is 0 Å². The first-order chi connectivity index (χ1) is 7.30. The summed E-state index contributed by atoms with van der Waals surface area (Å²) < 4.78 is 0. The molecule has 1 amide bonds. The Hall–Kier alpha value is -0.180. The van der Waals surface area contributed by atoms with Crippen molar-refractivity contribution < 1.29 is 4.79 Å². The van der Waals surface area contributed by atoms with Gasteiger partial charge >= 0.3 is 0 Å². The fourth-order valence-corrected chi connectivity index (χ4v) is 4.44. The molecule has 15 heavy (non-hydrogen) atoms. The van der Waals surface area contributed by atoms with E-state index in [4.69, 9.17) is 0 Å². The van der Waals surface area contributed by atoms with Gasteiger partial charge in [-0.1, -0.05) is 0 Å². The van der Waals surface area contributed by atoms with Crippen molar-refractivity contribution in [2.75, 3.05) is 18.1 Å². The fraction of sp³-hybridized carbons (Fsp3) is 0.917. The molecule has 0 N–H and O–H groups in total. The Labute approximate surface area is 95.8 Å². The van der Waals surface area contributed by atoms with Crippen molar-refractivity contribution in [3.05, 3.63) is 0 Å². The molecular formula is C12H19NOS. The number of fused-ring (bicyclic) bond motifs is 3. The van der Waals surface area contributed by atoms with Gasteiger partial charge in [0.1, 0.15) is 0 Å². The van der Waals surface area contributed by atoms with Crippen LogP contribution in [0.2, 0.25) is 0 Å². The third-order valence-electron chi connectivity index (χ3n) is 4.61. The first-order valence-corrected chi connectivity index (χ1v) is 7.34. The van der Waals surface area contributed by atoms with Gasteiger partial charge in [-0.15, -0.1) is 0 Å². The Morgan fingerprint density at radius 2 is 1.87 bits per heavy atom. The number of hydrogen-bond donors (Lipinski definition) is 0. The summed E-state index contributed by atoms with van der Waals surface area (Å²) in [5.74, 6) is 3.27. The monoisotopic (exact) mass is 225 g/mol. The number of nitrogens with zero attached hydrogens (tertiary/aromatic N) is 1. The van der Waals surface area contributed by atoms with Gasteiger partial charge in [0.05, 0.1) is 5.75 Å². The molecule has 0 spiro atoms. The Balaban J connectivity index is 1.81. The van der Waals surface area contributed by atoms with Crippen molar-refractivity contribution in [2.24, 2.45) is 5.92 Å². The van der Waals surface area contributed by atoms with E-state index in [-0.39, 0.29) is 0 Å². The molecule has 1 saturated heterocycles. The summed E-state index contributed by atoms with van der Waals surface area (Å²) in [5.41, 5.74) is 0.298. The van der Waals surface area contributed by atoms with Crippen LogP contribution in [0.25, 0.3) is 0 Å². The Kier molecular flexibility index (Phi) is 2.46. The predicted molar refractivity (Wildman–Crippen MR) is 63.0 cm³/mol. The van der Waals surface area contributed by atoms with E-state index in [9.17, 15) is 4.79 Å². The van der Waals surface area contributed by atoms with Gasteiger partial charge in [-0.05, 0) is 44.4 Å². The third kappa shape index (κ3) is 1.59. The standard InChI is InChI=1S/C12H19NOS/c14-11-9-15-8-7-13(11)12-4-1-10(2-5-12)3-6-12/h10H,1-9H2. The molecule has 1 heterocycles. The molecule has 0 aromatic rings. The molecule has 3 heteroatoms. The molecule has 0 unspecified atom stereocenters. The largest absolute Gasteiger partial charge is 0.335 e. The molecule has 1 aliphatic heterocycles. The maximum atomic E-state index is 12.0. The third-order valence-corrected chi connectivity index (χ3v) is 5.53. The molecule has 0 atom stereocenters. The van der Waals surface area contributed by atoms with Gasteiger partial charge in [-0.2, -0.15) is 11.8 Å². The lowest BCUT2D eigenvalue weighted by atomic mass is 9.65. The van der Waals surface area contributed by atoms with Gasteiger partial charge in [0.25, 0.3) is 0 Å². The molecular weight excluding hydrogens is 206 g/mol. The van der Waals surface area contributed by atoms with Crippen LogP contribution < -0.4 is 0 Å². The lowest BCUT2D eigenvalue weighted by Crippen LogP contribution is -2.58. The van der Waals surface area contributed by atoms with Gasteiger partial charge in [-0.25, -0.2) is 0 Å². The molecule has 0 radical (unpaired) electrons. The van der Waals surface area contributed by atoms with Crippen molar-refractivity contribution in [1.82, 2.24) is 4.90 Å². The van der Waals surface area contributed by atoms with Crippen LogP contribution in [0.1, 0.15) is 38.5 Å². The first kappa shape index (κ1) is 10.0. The SMILES string of the molecule is O=C1CSCCN1C12CCC(CC1)CC2. The van der Waals surface area contributed by atoms with Crippen molar-refractivity contribution in [3.63, 3.8) is 0 Å². The van der Waals surface area contributed by atoms with Crippen LogP contribution >= 0.6 is 11.8 Å². The molecule has 4 rings (SSSR count). The summed E-state index contributed by atoms with van der Waals surface area (Å²) in [4.78, 5) is 14.2. The van der Waals surface area contributed by atoms with E-state index in [1.54, 1.807) is 11.8 Å². The molecule has 4 aliphatic rings. The predicted octanol–water partition coefficient (Wildman–Crippen LogP) is 2.28. The van der Waals surface area contributed by atoms with E-state index in [0.29, 0.717) is 11.4 Å². The second kappa shape index (κ2) is 3.69. The molecule has 0 aromatic carbocycles. The zero-order chi connectivity index (χ0) is 10.3. The second-order valence-corrected chi connectivity index (χ2v) is 6.41. The van der Waals surface area contributed by atoms with Gasteiger partial charge in [0.15, 0.2) is 0 Å². The van der Waals surface area contributed by atoms with Gasteiger partial charge < -0.3 is 4.90 Å². The van der Waals surface area contributed by atoms with Gasteiger partial charge in [0.2, 0.25) is 5.91 Å². The van der Waals surface area contributed by atoms with Gasteiger partial charge in [-0.3, -0.25) is 4.79 Å². The molecule has 2 bridgehead atoms. The topological polar surface area (TPSA) is 20.3 Å². The highest BCUT2D eigenvalue weighted by molar-refractivity contribution is 8.00. The molecule has 84 valence electrons. The van der Waals surface area contributed by atoms with Crippen LogP contribution in [-0.2, 0) is 4.79 Å². The molecule has 0 aromatic heterocycles. The summed E-state index contributed by atoms with van der Waals surface area (Å²) >= 11 is 1.80. The lowest BCUT2D eigenvalue weighted by molar-refractivity contribution is -0.139. The summed E-state index contributed by atoms with van der Waals surface area (Å²) in [6, 6.07) is 0. The lowest BCUT2D eigenvalue weighted by Gasteiger charge is -2.53. The van der Waals surface area contributed by atoms with E-state index < -0.39 is 0 Å². The van der Waals surface area contributed by atoms with Crippen LogP contribution in [-0.4, -0.2) is 34.4 Å². The van der Waals surface area contributed by atoms with Crippen molar-refractivity contribution >= 4 is 17.7 Å². The molecule has 3 saturated carbocycles. The number of hydrogen-bond acceptors (Lipinski definition) is 2. The highest BCUT2D eigenvalue weighted by Gasteiger charge is 2.46. The second-order valence-electron chi connectivity index (χ2n) is 5.30. The molecule has 2 nitrogen and oxygen atoms in total. The van der Waals surface area contributed by atoms with E-state index in [1.165, 1.54) is 38.5 Å². The minimum Gasteiger partial charge on any atom is -0.335 e. The smallest absolute Gasteiger partial charge is 0.233 e.